The lowest BCUT2D eigenvalue weighted by Crippen LogP contribution is -2.29. The van der Waals surface area contributed by atoms with Gasteiger partial charge in [0, 0.05) is 0 Å². The predicted molar refractivity (Wildman–Crippen MR) is 163 cm³/mol. The van der Waals surface area contributed by atoms with Gasteiger partial charge in [-0.3, -0.25) is 0 Å². The normalized spacial score (nSPS) is 13.9. The van der Waals surface area contributed by atoms with Crippen LogP contribution in [0, 0.1) is 0 Å². The van der Waals surface area contributed by atoms with Crippen LogP contribution in [0.2, 0.25) is 0 Å². The molecule has 1 aliphatic rings. The Hall–Kier alpha value is -3.52. The molecule has 4 aromatic carbocycles. The molecule has 0 saturated heterocycles. The molecule has 1 aliphatic carbocycles. The smallest absolute Gasteiger partial charge is 0.122 e. The highest BCUT2D eigenvalue weighted by Gasteiger charge is 2.47. The summed E-state index contributed by atoms with van der Waals surface area (Å²) in [5, 5.41) is 22.8. The van der Waals surface area contributed by atoms with Gasteiger partial charge in [0.15, 0.2) is 0 Å². The first kappa shape index (κ1) is 27.1. The number of aromatic hydroxyl groups is 2. The van der Waals surface area contributed by atoms with Crippen LogP contribution in [0.3, 0.4) is 0 Å². The van der Waals surface area contributed by atoms with Gasteiger partial charge in [0.1, 0.15) is 11.5 Å². The van der Waals surface area contributed by atoms with Crippen molar-refractivity contribution in [3.05, 3.63) is 117 Å². The summed E-state index contributed by atoms with van der Waals surface area (Å²) in [5.41, 5.74) is 10.6. The van der Waals surface area contributed by atoms with E-state index < -0.39 is 5.41 Å². The van der Waals surface area contributed by atoms with Crippen LogP contribution in [-0.4, -0.2) is 10.2 Å². The summed E-state index contributed by atoms with van der Waals surface area (Å²) in [6.07, 6.45) is 0. The van der Waals surface area contributed by atoms with E-state index in [-0.39, 0.29) is 23.7 Å². The molecular weight excluding hydrogens is 476 g/mol. The third-order valence-corrected chi connectivity index (χ3v) is 8.64. The molecule has 0 radical (unpaired) electrons. The lowest BCUT2D eigenvalue weighted by Gasteiger charge is -2.36. The molecule has 0 unspecified atom stereocenters. The molecule has 5 rings (SSSR count). The molecule has 0 bridgehead atoms. The zero-order valence-corrected chi connectivity index (χ0v) is 24.6. The van der Waals surface area contributed by atoms with Crippen LogP contribution in [0.25, 0.3) is 11.1 Å². The van der Waals surface area contributed by atoms with Gasteiger partial charge in [0.2, 0.25) is 0 Å². The fourth-order valence-electron chi connectivity index (χ4n) is 6.58. The molecule has 0 fully saturated rings. The van der Waals surface area contributed by atoms with E-state index in [2.05, 4.69) is 128 Å². The minimum atomic E-state index is -0.588. The molecule has 4 aromatic rings. The Labute approximate surface area is 234 Å². The van der Waals surface area contributed by atoms with Crippen LogP contribution in [0.15, 0.2) is 72.8 Å². The highest BCUT2D eigenvalue weighted by Crippen LogP contribution is 2.58. The highest BCUT2D eigenvalue weighted by molar-refractivity contribution is 5.86. The van der Waals surface area contributed by atoms with Crippen molar-refractivity contribution in [3.63, 3.8) is 0 Å². The Kier molecular flexibility index (Phi) is 6.87. The summed E-state index contributed by atoms with van der Waals surface area (Å²) in [7, 11) is 0. The van der Waals surface area contributed by atoms with Crippen LogP contribution in [0.4, 0.5) is 0 Å². The average Bonchev–Trinajstić information content (AvgIpc) is 3.19. The predicted octanol–water partition coefficient (Wildman–Crippen LogP) is 9.95. The fraction of sp³-hybridized carbons (Fsp3) is 0.351. The lowest BCUT2D eigenvalue weighted by atomic mass is 9.65. The molecule has 202 valence electrons. The Balaban J connectivity index is 2.02. The second kappa shape index (κ2) is 9.90. The second-order valence-electron chi connectivity index (χ2n) is 12.5. The first-order valence-corrected chi connectivity index (χ1v) is 14.4. The summed E-state index contributed by atoms with van der Waals surface area (Å²) in [6, 6.07) is 26.5. The summed E-state index contributed by atoms with van der Waals surface area (Å²) >= 11 is 0. The first-order valence-electron chi connectivity index (χ1n) is 14.4. The van der Waals surface area contributed by atoms with Crippen molar-refractivity contribution in [2.75, 3.05) is 0 Å². The summed E-state index contributed by atoms with van der Waals surface area (Å²) in [5.74, 6) is 1.50. The number of phenols is 2. The third-order valence-electron chi connectivity index (χ3n) is 8.64. The minimum absolute atomic E-state index is 0.170. The number of hydrogen-bond donors (Lipinski definition) is 2. The SMILES string of the molecule is CC(C)c1cc(C2(c3cc(C(C)C)c(O)c(C(C)C)c3)c3ccccc3-c3ccccc32)cc(C(C)C)c1O. The standard InChI is InChI=1S/C37H42O2/c1-21(2)29-17-25(18-30(22(3)4)35(29)38)37(26-19-31(23(5)6)36(39)32(20-26)24(7)8)33-15-11-9-13-27(33)28-14-10-12-16-34(28)37/h9-24,38-39H,1-8H3. The van der Waals surface area contributed by atoms with Gasteiger partial charge in [-0.15, -0.1) is 0 Å². The topological polar surface area (TPSA) is 40.5 Å². The van der Waals surface area contributed by atoms with E-state index in [0.29, 0.717) is 11.5 Å². The van der Waals surface area contributed by atoms with Gasteiger partial charge in [-0.05, 0) is 79.3 Å². The number of rotatable bonds is 6. The number of hydrogen-bond acceptors (Lipinski definition) is 2. The van der Waals surface area contributed by atoms with Crippen LogP contribution in [0.5, 0.6) is 11.5 Å². The fourth-order valence-corrected chi connectivity index (χ4v) is 6.58. The van der Waals surface area contributed by atoms with E-state index in [4.69, 9.17) is 0 Å². The first-order chi connectivity index (χ1) is 18.5. The van der Waals surface area contributed by atoms with E-state index in [1.165, 1.54) is 33.4 Å². The maximum absolute atomic E-state index is 11.4. The van der Waals surface area contributed by atoms with Gasteiger partial charge in [0.25, 0.3) is 0 Å². The van der Waals surface area contributed by atoms with Gasteiger partial charge in [-0.1, -0.05) is 128 Å². The van der Waals surface area contributed by atoms with E-state index in [9.17, 15) is 10.2 Å². The molecule has 0 aliphatic heterocycles. The molecule has 0 saturated carbocycles. The van der Waals surface area contributed by atoms with Crippen LogP contribution < -0.4 is 0 Å². The maximum Gasteiger partial charge on any atom is 0.122 e. The average molecular weight is 519 g/mol. The Morgan fingerprint density at radius 3 is 1.03 bits per heavy atom. The van der Waals surface area contributed by atoms with Crippen LogP contribution in [0.1, 0.15) is 124 Å². The van der Waals surface area contributed by atoms with E-state index in [1.54, 1.807) is 0 Å². The van der Waals surface area contributed by atoms with Crippen LogP contribution in [-0.2, 0) is 5.41 Å². The zero-order valence-electron chi connectivity index (χ0n) is 24.6. The molecule has 2 N–H and O–H groups in total. The molecular formula is C37H42O2. The summed E-state index contributed by atoms with van der Waals surface area (Å²) in [6.45, 7) is 17.2. The van der Waals surface area contributed by atoms with Crippen molar-refractivity contribution >= 4 is 0 Å². The Morgan fingerprint density at radius 1 is 0.462 bits per heavy atom. The van der Waals surface area contributed by atoms with Crippen molar-refractivity contribution < 1.29 is 10.2 Å². The van der Waals surface area contributed by atoms with Crippen molar-refractivity contribution in [1.82, 2.24) is 0 Å². The van der Waals surface area contributed by atoms with Gasteiger partial charge >= 0.3 is 0 Å². The molecule has 0 aromatic heterocycles. The summed E-state index contributed by atoms with van der Waals surface area (Å²) in [4.78, 5) is 0. The third kappa shape index (κ3) is 4.07. The van der Waals surface area contributed by atoms with Gasteiger partial charge in [-0.25, -0.2) is 0 Å². The summed E-state index contributed by atoms with van der Waals surface area (Å²) < 4.78 is 0. The molecule has 0 amide bonds. The zero-order chi connectivity index (χ0) is 28.2. The van der Waals surface area contributed by atoms with E-state index in [0.717, 1.165) is 22.3 Å². The van der Waals surface area contributed by atoms with Crippen LogP contribution >= 0.6 is 0 Å². The maximum atomic E-state index is 11.4. The number of phenolic OH excluding ortho intramolecular Hbond substituents is 2. The van der Waals surface area contributed by atoms with Crippen molar-refractivity contribution in [2.24, 2.45) is 0 Å². The molecule has 2 nitrogen and oxygen atoms in total. The van der Waals surface area contributed by atoms with Gasteiger partial charge in [-0.2, -0.15) is 0 Å². The minimum Gasteiger partial charge on any atom is -0.507 e. The second-order valence-corrected chi connectivity index (χ2v) is 12.5. The molecule has 39 heavy (non-hydrogen) atoms. The highest BCUT2D eigenvalue weighted by atomic mass is 16.3. The molecule has 2 heteroatoms. The molecule has 0 atom stereocenters. The van der Waals surface area contributed by atoms with Crippen molar-refractivity contribution in [1.29, 1.82) is 0 Å². The largest absolute Gasteiger partial charge is 0.507 e. The van der Waals surface area contributed by atoms with Gasteiger partial charge in [0.05, 0.1) is 5.41 Å². The number of benzene rings is 4. The van der Waals surface area contributed by atoms with Crippen molar-refractivity contribution in [3.8, 4) is 22.6 Å². The van der Waals surface area contributed by atoms with E-state index in [1.807, 2.05) is 0 Å². The van der Waals surface area contributed by atoms with Gasteiger partial charge < -0.3 is 10.2 Å². The molecule has 0 heterocycles. The lowest BCUT2D eigenvalue weighted by molar-refractivity contribution is 0.453. The molecule has 0 spiro atoms. The van der Waals surface area contributed by atoms with Crippen molar-refractivity contribution in [2.45, 2.75) is 84.5 Å². The Bertz CT molecular complexity index is 1360. The quantitative estimate of drug-likeness (QED) is 0.235. The Morgan fingerprint density at radius 2 is 0.744 bits per heavy atom. The number of fused-ring (bicyclic) bond motifs is 3. The van der Waals surface area contributed by atoms with E-state index >= 15 is 0 Å². The monoisotopic (exact) mass is 518 g/mol.